The molecule has 5 atom stereocenters. The summed E-state index contributed by atoms with van der Waals surface area (Å²) >= 11 is 0. The molecule has 0 saturated carbocycles. The third-order valence-electron chi connectivity index (χ3n) is 6.93. The van der Waals surface area contributed by atoms with E-state index in [0.717, 1.165) is 27.7 Å². The smallest absolute Gasteiger partial charge is 0.303 e. The van der Waals surface area contributed by atoms with Crippen LogP contribution in [0, 0.1) is 0 Å². The van der Waals surface area contributed by atoms with Crippen LogP contribution in [0.4, 0.5) is 0 Å². The highest BCUT2D eigenvalue weighted by molar-refractivity contribution is 5.88. The number of carbonyl (C=O) groups is 4. The van der Waals surface area contributed by atoms with Crippen molar-refractivity contribution in [1.29, 1.82) is 0 Å². The van der Waals surface area contributed by atoms with Crippen molar-refractivity contribution < 1.29 is 61.5 Å². The zero-order valence-corrected chi connectivity index (χ0v) is 27.3. The Bertz CT molecular complexity index is 1760. The summed E-state index contributed by atoms with van der Waals surface area (Å²) in [6.45, 7) is 11.6. The number of benzene rings is 2. The highest BCUT2D eigenvalue weighted by Crippen LogP contribution is 2.39. The van der Waals surface area contributed by atoms with E-state index in [1.54, 1.807) is 30.3 Å². The van der Waals surface area contributed by atoms with Gasteiger partial charge in [0.05, 0.1) is 10.9 Å². The van der Waals surface area contributed by atoms with E-state index in [4.69, 9.17) is 42.3 Å². The highest BCUT2D eigenvalue weighted by Gasteiger charge is 2.53. The predicted molar refractivity (Wildman–Crippen MR) is 172 cm³/mol. The number of hydrogen-bond donors (Lipinski definition) is 0. The Labute approximate surface area is 281 Å². The molecular weight excluding hydrogens is 644 g/mol. The molecule has 3 aromatic rings. The Morgan fingerprint density at radius 1 is 0.776 bits per heavy atom. The van der Waals surface area contributed by atoms with Crippen molar-refractivity contribution in [2.45, 2.75) is 58.4 Å². The fourth-order valence-corrected chi connectivity index (χ4v) is 5.02. The van der Waals surface area contributed by atoms with Crippen LogP contribution in [0.1, 0.15) is 27.7 Å². The summed E-state index contributed by atoms with van der Waals surface area (Å²) in [6.07, 6.45) is -2.80. The molecule has 0 unspecified atom stereocenters. The van der Waals surface area contributed by atoms with E-state index in [2.05, 4.69) is 13.2 Å². The monoisotopic (exact) mass is 680 g/mol. The van der Waals surface area contributed by atoms with Crippen LogP contribution in [0.5, 0.6) is 17.2 Å². The molecule has 4 rings (SSSR count). The van der Waals surface area contributed by atoms with Gasteiger partial charge in [-0.1, -0.05) is 37.4 Å². The van der Waals surface area contributed by atoms with Crippen molar-refractivity contribution in [3.05, 3.63) is 78.2 Å². The van der Waals surface area contributed by atoms with E-state index in [1.165, 1.54) is 24.5 Å². The Morgan fingerprint density at radius 2 is 1.39 bits per heavy atom. The molecule has 0 amide bonds. The second-order valence-corrected chi connectivity index (χ2v) is 10.7. The van der Waals surface area contributed by atoms with E-state index >= 15 is 0 Å². The molecular formula is C35H36O14. The van der Waals surface area contributed by atoms with Crippen LogP contribution >= 0.6 is 0 Å². The Balaban J connectivity index is 1.79. The summed E-state index contributed by atoms with van der Waals surface area (Å²) in [7, 11) is 0. The molecule has 0 aliphatic carbocycles. The lowest BCUT2D eigenvalue weighted by molar-refractivity contribution is -0.288. The molecule has 0 radical (unpaired) electrons. The van der Waals surface area contributed by atoms with E-state index in [-0.39, 0.29) is 40.1 Å². The average Bonchev–Trinajstić information content (AvgIpc) is 3.05. The summed E-state index contributed by atoms with van der Waals surface area (Å²) in [5.74, 6) is -2.52. The van der Waals surface area contributed by atoms with Crippen LogP contribution in [0.3, 0.4) is 0 Å². The van der Waals surface area contributed by atoms with Gasteiger partial charge >= 0.3 is 23.9 Å². The minimum atomic E-state index is -1.56. The molecule has 260 valence electrons. The molecule has 1 aliphatic rings. The largest absolute Gasteiger partial charge is 0.490 e. The maximum absolute atomic E-state index is 13.7. The summed E-state index contributed by atoms with van der Waals surface area (Å²) in [6, 6.07) is 9.73. The Morgan fingerprint density at radius 3 is 2.00 bits per heavy atom. The number of fused-ring (bicyclic) bond motifs is 1. The van der Waals surface area contributed by atoms with Crippen molar-refractivity contribution in [2.24, 2.45) is 0 Å². The Hall–Kier alpha value is -5.63. The van der Waals surface area contributed by atoms with Crippen LogP contribution in [-0.2, 0) is 42.9 Å². The maximum atomic E-state index is 13.7. The number of esters is 4. The van der Waals surface area contributed by atoms with E-state index in [1.807, 2.05) is 0 Å². The topological polar surface area (TPSA) is 172 Å². The standard InChI is InChI=1S/C35H36O14/c1-7-15-41-24-11-9-23(10-12-24)26-17-44-30-25(29(26)40)13-14-27(31(30)42-16-8-2)48-35-34(47-22(6)39)33(46-21(5)38)32(45-20(4)37)28(49-35)18-43-19(3)36/h7-14,17,28,32-35H,1-2,15-16,18H2,3-6H3/t28-,32-,33+,34-,35-/m1/s1. The third-order valence-corrected chi connectivity index (χ3v) is 6.93. The highest BCUT2D eigenvalue weighted by atomic mass is 16.7. The molecule has 14 heteroatoms. The average molecular weight is 681 g/mol. The van der Waals surface area contributed by atoms with Gasteiger partial charge in [0, 0.05) is 27.7 Å². The van der Waals surface area contributed by atoms with Crippen LogP contribution in [0.15, 0.2) is 77.2 Å². The SMILES string of the molecule is C=CCOc1ccc(-c2coc3c(OCC=C)c(O[C@@H]4O[C@H](COC(C)=O)[C@@H](OC(C)=O)[C@H](OC(C)=O)[C@H]4OC(C)=O)ccc3c2=O)cc1. The first-order valence-corrected chi connectivity index (χ1v) is 15.1. The van der Waals surface area contributed by atoms with E-state index in [9.17, 15) is 24.0 Å². The first kappa shape index (κ1) is 36.2. The molecule has 2 aromatic carbocycles. The van der Waals surface area contributed by atoms with Gasteiger partial charge in [-0.3, -0.25) is 24.0 Å². The zero-order chi connectivity index (χ0) is 35.7. The van der Waals surface area contributed by atoms with Crippen molar-refractivity contribution >= 4 is 34.8 Å². The molecule has 2 heterocycles. The van der Waals surface area contributed by atoms with Crippen molar-refractivity contribution in [3.63, 3.8) is 0 Å². The molecule has 1 aliphatic heterocycles. The molecule has 1 fully saturated rings. The van der Waals surface area contributed by atoms with Crippen molar-refractivity contribution in [1.82, 2.24) is 0 Å². The molecule has 0 spiro atoms. The number of rotatable bonds is 14. The maximum Gasteiger partial charge on any atom is 0.303 e. The Kier molecular flexibility index (Phi) is 12.2. The minimum Gasteiger partial charge on any atom is -0.490 e. The number of carbonyl (C=O) groups excluding carboxylic acids is 4. The molecule has 49 heavy (non-hydrogen) atoms. The normalized spacial score (nSPS) is 20.0. The lowest BCUT2D eigenvalue weighted by Crippen LogP contribution is -2.63. The van der Waals surface area contributed by atoms with Crippen molar-refractivity contribution in [3.8, 4) is 28.4 Å². The summed E-state index contributed by atoms with van der Waals surface area (Å²) in [5, 5.41) is 0.150. The first-order chi connectivity index (χ1) is 23.4. The molecule has 0 bridgehead atoms. The van der Waals surface area contributed by atoms with Crippen LogP contribution < -0.4 is 19.6 Å². The predicted octanol–water partition coefficient (Wildman–Crippen LogP) is 4.05. The van der Waals surface area contributed by atoms with Gasteiger partial charge in [0.25, 0.3) is 0 Å². The molecule has 1 aromatic heterocycles. The minimum absolute atomic E-state index is 0.0182. The third kappa shape index (κ3) is 9.05. The van der Waals surface area contributed by atoms with Gasteiger partial charge in [-0.15, -0.1) is 0 Å². The quantitative estimate of drug-likeness (QED) is 0.136. The van der Waals surface area contributed by atoms with Crippen LogP contribution in [0.2, 0.25) is 0 Å². The first-order valence-electron chi connectivity index (χ1n) is 15.1. The second kappa shape index (κ2) is 16.5. The van der Waals surface area contributed by atoms with Gasteiger partial charge in [0.1, 0.15) is 37.9 Å². The zero-order valence-electron chi connectivity index (χ0n) is 27.3. The second-order valence-electron chi connectivity index (χ2n) is 10.7. The lowest BCUT2D eigenvalue weighted by Gasteiger charge is -2.44. The van der Waals surface area contributed by atoms with Gasteiger partial charge < -0.3 is 42.3 Å². The fraction of sp³-hybridized carbons (Fsp3) is 0.343. The van der Waals surface area contributed by atoms with E-state index in [0.29, 0.717) is 17.9 Å². The van der Waals surface area contributed by atoms with Gasteiger partial charge in [0.15, 0.2) is 23.5 Å². The van der Waals surface area contributed by atoms with Crippen LogP contribution in [-0.4, -0.2) is 74.4 Å². The lowest BCUT2D eigenvalue weighted by atomic mass is 9.98. The van der Waals surface area contributed by atoms with Gasteiger partial charge in [-0.05, 0) is 29.8 Å². The number of hydrogen-bond acceptors (Lipinski definition) is 14. The summed E-state index contributed by atoms with van der Waals surface area (Å²) in [5.41, 5.74) is 0.492. The number of ether oxygens (including phenoxy) is 8. The molecule has 14 nitrogen and oxygen atoms in total. The molecule has 0 N–H and O–H groups in total. The van der Waals surface area contributed by atoms with E-state index < -0.39 is 61.2 Å². The molecule has 1 saturated heterocycles. The van der Waals surface area contributed by atoms with Gasteiger partial charge in [0.2, 0.25) is 23.6 Å². The van der Waals surface area contributed by atoms with Gasteiger partial charge in [-0.2, -0.15) is 0 Å². The van der Waals surface area contributed by atoms with Crippen molar-refractivity contribution in [2.75, 3.05) is 19.8 Å². The summed E-state index contributed by atoms with van der Waals surface area (Å²) in [4.78, 5) is 61.9. The summed E-state index contributed by atoms with van der Waals surface area (Å²) < 4.78 is 51.1. The van der Waals surface area contributed by atoms with Gasteiger partial charge in [-0.25, -0.2) is 0 Å². The fourth-order valence-electron chi connectivity index (χ4n) is 5.02. The van der Waals surface area contributed by atoms with Crippen LogP contribution in [0.25, 0.3) is 22.1 Å².